The number of aliphatic hydroxyl groups is 1. The van der Waals surface area contributed by atoms with Gasteiger partial charge in [-0.3, -0.25) is 4.79 Å². The van der Waals surface area contributed by atoms with Gasteiger partial charge >= 0.3 is 6.36 Å². The maximum atomic E-state index is 13.3. The number of β-amino-alcohol motifs (C(OH)–C–C–N with tert-alkyl or cyclic N) is 1. The minimum absolute atomic E-state index is 0.0721. The zero-order valence-corrected chi connectivity index (χ0v) is 13.8. The normalized spacial score (nSPS) is 18.9. The van der Waals surface area contributed by atoms with Crippen LogP contribution in [0.2, 0.25) is 0 Å². The van der Waals surface area contributed by atoms with Crippen molar-refractivity contribution in [2.75, 3.05) is 13.1 Å². The molecule has 0 saturated carbocycles. The minimum atomic E-state index is -4.87. The molecule has 1 unspecified atom stereocenters. The number of ether oxygens (including phenoxy) is 2. The number of nitrogens with zero attached hydrogens (tertiary/aromatic N) is 3. The molecule has 1 N–H and O–H groups in total. The first-order valence-corrected chi connectivity index (χ1v) is 7.68. The van der Waals surface area contributed by atoms with Crippen molar-refractivity contribution < 1.29 is 45.7 Å². The lowest BCUT2D eigenvalue weighted by Gasteiger charge is -2.13. The molecule has 13 heteroatoms. The van der Waals surface area contributed by atoms with Crippen molar-refractivity contribution in [2.45, 2.75) is 25.0 Å². The van der Waals surface area contributed by atoms with Crippen molar-refractivity contribution in [1.29, 1.82) is 0 Å². The fourth-order valence-electron chi connectivity index (χ4n) is 2.33. The molecule has 152 valence electrons. The van der Waals surface area contributed by atoms with Gasteiger partial charge in [0.05, 0.1) is 19.3 Å². The van der Waals surface area contributed by atoms with Crippen LogP contribution in [-0.2, 0) is 6.61 Å². The van der Waals surface area contributed by atoms with E-state index < -0.39 is 43.3 Å². The van der Waals surface area contributed by atoms with Crippen LogP contribution in [0.25, 0.3) is 0 Å². The van der Waals surface area contributed by atoms with Crippen molar-refractivity contribution in [3.63, 3.8) is 0 Å². The number of carbonyl (C=O) groups excluding carboxylic acids is 1. The molecule has 1 aliphatic heterocycles. The van der Waals surface area contributed by atoms with E-state index in [9.17, 15) is 31.9 Å². The molecule has 2 aromatic rings. The smallest absolute Gasteiger partial charge is 0.482 e. The van der Waals surface area contributed by atoms with Crippen LogP contribution in [-0.4, -0.2) is 57.4 Å². The van der Waals surface area contributed by atoms with Gasteiger partial charge in [0.1, 0.15) is 18.1 Å². The quantitative estimate of drug-likeness (QED) is 0.755. The number of amides is 1. The van der Waals surface area contributed by atoms with Crippen LogP contribution in [0.1, 0.15) is 16.4 Å². The Labute approximate surface area is 153 Å². The van der Waals surface area contributed by atoms with Gasteiger partial charge < -0.3 is 23.9 Å². The fourth-order valence-corrected chi connectivity index (χ4v) is 2.33. The molecule has 3 heterocycles. The zero-order valence-electron chi connectivity index (χ0n) is 13.8. The third-order valence-electron chi connectivity index (χ3n) is 3.63. The molecule has 1 amide bonds. The molecule has 8 nitrogen and oxygen atoms in total. The number of hydrogen-bond acceptors (Lipinski definition) is 7. The van der Waals surface area contributed by atoms with Crippen LogP contribution in [0.5, 0.6) is 11.6 Å². The van der Waals surface area contributed by atoms with Gasteiger partial charge in [0.2, 0.25) is 11.8 Å². The van der Waals surface area contributed by atoms with Gasteiger partial charge in [0, 0.05) is 6.07 Å². The number of rotatable bonds is 5. The summed E-state index contributed by atoms with van der Waals surface area (Å²) in [6.45, 7) is -1.78. The van der Waals surface area contributed by atoms with Gasteiger partial charge in [-0.1, -0.05) is 0 Å². The van der Waals surface area contributed by atoms with Crippen molar-refractivity contribution in [3.05, 3.63) is 36.2 Å². The second kappa shape index (κ2) is 7.22. The van der Waals surface area contributed by atoms with Crippen LogP contribution in [0, 0.1) is 0 Å². The average molecular weight is 409 g/mol. The first-order valence-electron chi connectivity index (χ1n) is 7.68. The lowest BCUT2D eigenvalue weighted by atomic mass is 10.2. The van der Waals surface area contributed by atoms with Gasteiger partial charge in [-0.15, -0.1) is 13.2 Å². The molecular formula is C15H12F5N3O5. The Morgan fingerprint density at radius 2 is 2.14 bits per heavy atom. The largest absolute Gasteiger partial charge is 0.574 e. The maximum absolute atomic E-state index is 13.3. The van der Waals surface area contributed by atoms with Crippen LogP contribution < -0.4 is 9.47 Å². The summed E-state index contributed by atoms with van der Waals surface area (Å²) in [6.07, 6.45) is -4.90. The summed E-state index contributed by atoms with van der Waals surface area (Å²) in [5, 5.41) is 9.24. The maximum Gasteiger partial charge on any atom is 0.574 e. The molecule has 1 aliphatic rings. The number of hydrogen-bond donors (Lipinski definition) is 1. The van der Waals surface area contributed by atoms with E-state index in [1.165, 1.54) is 0 Å². The summed E-state index contributed by atoms with van der Waals surface area (Å²) < 4.78 is 76.6. The predicted octanol–water partition coefficient (Wildman–Crippen LogP) is 2.00. The second-order valence-electron chi connectivity index (χ2n) is 5.76. The number of alkyl halides is 5. The lowest BCUT2D eigenvalue weighted by Crippen LogP contribution is -2.32. The standard InChI is InChI=1S/C15H12F5N3O5/c16-14(17)7-23(4-10(14)24)13(25)9-5-27-12(22-9)6-26-8-1-2-11(21-3-8)28-15(18,19)20/h1-3,5,10,24H,4,6-7H2. The van der Waals surface area contributed by atoms with Crippen LogP contribution in [0.15, 0.2) is 29.0 Å². The lowest BCUT2D eigenvalue weighted by molar-refractivity contribution is -0.276. The molecule has 3 rings (SSSR count). The molecule has 0 bridgehead atoms. The van der Waals surface area contributed by atoms with E-state index in [1.807, 2.05) is 0 Å². The van der Waals surface area contributed by atoms with Crippen LogP contribution in [0.4, 0.5) is 22.0 Å². The van der Waals surface area contributed by atoms with E-state index in [0.717, 1.165) is 29.5 Å². The van der Waals surface area contributed by atoms with E-state index >= 15 is 0 Å². The van der Waals surface area contributed by atoms with Gasteiger partial charge in [0.15, 0.2) is 12.3 Å². The van der Waals surface area contributed by atoms with Crippen molar-refractivity contribution in [2.24, 2.45) is 0 Å². The summed E-state index contributed by atoms with van der Waals surface area (Å²) in [7, 11) is 0. The Bertz CT molecular complexity index is 839. The molecule has 1 fully saturated rings. The highest BCUT2D eigenvalue weighted by atomic mass is 19.4. The summed E-state index contributed by atoms with van der Waals surface area (Å²) in [6, 6.07) is 2.10. The highest BCUT2D eigenvalue weighted by Crippen LogP contribution is 2.28. The van der Waals surface area contributed by atoms with E-state index in [4.69, 9.17) is 9.15 Å². The summed E-state index contributed by atoms with van der Waals surface area (Å²) >= 11 is 0. The number of pyridine rings is 1. The van der Waals surface area contributed by atoms with E-state index in [2.05, 4.69) is 14.7 Å². The molecule has 2 aromatic heterocycles. The number of likely N-dealkylation sites (tertiary alicyclic amines) is 1. The Kier molecular flexibility index (Phi) is 5.10. The van der Waals surface area contributed by atoms with Gasteiger partial charge in [-0.2, -0.15) is 0 Å². The van der Waals surface area contributed by atoms with Crippen LogP contribution in [0.3, 0.4) is 0 Å². The Morgan fingerprint density at radius 1 is 1.39 bits per heavy atom. The van der Waals surface area contributed by atoms with Gasteiger partial charge in [0.25, 0.3) is 11.8 Å². The van der Waals surface area contributed by atoms with Crippen molar-refractivity contribution >= 4 is 5.91 Å². The number of aromatic nitrogens is 2. The summed E-state index contributed by atoms with van der Waals surface area (Å²) in [4.78, 5) is 20.1. The molecular weight excluding hydrogens is 397 g/mol. The number of halogens is 5. The third kappa shape index (κ3) is 4.65. The van der Waals surface area contributed by atoms with E-state index in [-0.39, 0.29) is 23.9 Å². The predicted molar refractivity (Wildman–Crippen MR) is 78.6 cm³/mol. The Hall–Kier alpha value is -2.96. The molecule has 0 aromatic carbocycles. The average Bonchev–Trinajstić information content (AvgIpc) is 3.17. The van der Waals surface area contributed by atoms with Gasteiger partial charge in [-0.05, 0) is 6.07 Å². The summed E-state index contributed by atoms with van der Waals surface area (Å²) in [5.41, 5.74) is -0.254. The van der Waals surface area contributed by atoms with Crippen molar-refractivity contribution in [3.8, 4) is 11.6 Å². The third-order valence-corrected chi connectivity index (χ3v) is 3.63. The first-order chi connectivity index (χ1) is 13.0. The van der Waals surface area contributed by atoms with Gasteiger partial charge in [-0.25, -0.2) is 18.7 Å². The Balaban J connectivity index is 1.56. The van der Waals surface area contributed by atoms with Crippen LogP contribution >= 0.6 is 0 Å². The molecule has 1 atom stereocenters. The molecule has 0 radical (unpaired) electrons. The monoisotopic (exact) mass is 409 g/mol. The van der Waals surface area contributed by atoms with E-state index in [1.54, 1.807) is 0 Å². The number of oxazole rings is 1. The first kappa shape index (κ1) is 19.8. The molecule has 1 saturated heterocycles. The molecule has 0 spiro atoms. The fraction of sp³-hybridized carbons (Fsp3) is 0.400. The summed E-state index contributed by atoms with van der Waals surface area (Å²) in [5.74, 6) is -4.93. The molecule has 28 heavy (non-hydrogen) atoms. The topological polar surface area (TPSA) is 97.9 Å². The minimum Gasteiger partial charge on any atom is -0.482 e. The highest BCUT2D eigenvalue weighted by molar-refractivity contribution is 5.92. The van der Waals surface area contributed by atoms with Crippen molar-refractivity contribution in [1.82, 2.24) is 14.9 Å². The SMILES string of the molecule is O=C(c1coc(COc2ccc(OC(F)(F)F)nc2)n1)N1CC(O)C(F)(F)C1. The zero-order chi connectivity index (χ0) is 20.5. The number of aliphatic hydroxyl groups excluding tert-OH is 1. The van der Waals surface area contributed by atoms with E-state index in [0.29, 0.717) is 0 Å². The molecule has 0 aliphatic carbocycles. The number of carbonyl (C=O) groups is 1. The highest BCUT2D eigenvalue weighted by Gasteiger charge is 2.49. The second-order valence-corrected chi connectivity index (χ2v) is 5.76. The Morgan fingerprint density at radius 3 is 2.71 bits per heavy atom.